The van der Waals surface area contributed by atoms with Crippen molar-refractivity contribution in [3.8, 4) is 6.07 Å². The average Bonchev–Trinajstić information content (AvgIpc) is 2.20. The number of rotatable bonds is 3. The second kappa shape index (κ2) is 51.6. The largest absolute Gasteiger partial charge is 0.458 e. The Balaban J connectivity index is -0.0000000536. The van der Waals surface area contributed by atoms with Gasteiger partial charge in [-0.25, -0.2) is 0 Å². The summed E-state index contributed by atoms with van der Waals surface area (Å²) in [6.45, 7) is 5.89. The maximum absolute atomic E-state index is 7.32. The summed E-state index contributed by atoms with van der Waals surface area (Å²) in [5.41, 5.74) is 0. The minimum atomic E-state index is 0.194. The number of nitrogens with zero attached hydrogens (tertiary/aromatic N) is 1. The van der Waals surface area contributed by atoms with E-state index in [1.54, 1.807) is 6.07 Å². The predicted molar refractivity (Wildman–Crippen MR) is 68.4 cm³/mol. The van der Waals surface area contributed by atoms with Crippen LogP contribution < -0.4 is 0 Å². The highest BCUT2D eigenvalue weighted by molar-refractivity contribution is 6.40. The van der Waals surface area contributed by atoms with E-state index < -0.39 is 0 Å². The van der Waals surface area contributed by atoms with E-state index in [-0.39, 0.29) is 5.34 Å². The van der Waals surface area contributed by atoms with Gasteiger partial charge in [0.25, 0.3) is 8.05 Å². The Bertz CT molecular complexity index is 85.4. The van der Waals surface area contributed by atoms with Gasteiger partial charge < -0.3 is 5.02 Å². The van der Waals surface area contributed by atoms with Crippen LogP contribution in [0.25, 0.3) is 0 Å². The molecular weight excluding hydrogens is 220 g/mol. The number of halogens is 2. The van der Waals surface area contributed by atoms with E-state index in [4.69, 9.17) is 33.5 Å². The molecule has 0 aromatic rings. The van der Waals surface area contributed by atoms with E-state index in [0.717, 1.165) is 8.05 Å². The van der Waals surface area contributed by atoms with Crippen LogP contribution in [0.4, 0.5) is 0 Å². The van der Waals surface area contributed by atoms with Crippen LogP contribution in [0, 0.1) is 11.3 Å². The Morgan fingerprint density at radius 3 is 1.36 bits per heavy atom. The van der Waals surface area contributed by atoms with E-state index in [1.165, 1.54) is 32.6 Å². The van der Waals surface area contributed by atoms with Crippen LogP contribution in [0.5, 0.6) is 0 Å². The van der Waals surface area contributed by atoms with Gasteiger partial charge in [0.05, 0.1) is 11.4 Å². The summed E-state index contributed by atoms with van der Waals surface area (Å²) < 4.78 is 0. The van der Waals surface area contributed by atoms with E-state index in [2.05, 4.69) is 13.8 Å². The van der Waals surface area contributed by atoms with E-state index in [9.17, 15) is 0 Å². The van der Waals surface area contributed by atoms with E-state index >= 15 is 0 Å². The Kier molecular flexibility index (Phi) is 87.4. The van der Waals surface area contributed by atoms with Gasteiger partial charge in [-0.05, 0) is 0 Å². The molecule has 0 saturated carbocycles. The van der Waals surface area contributed by atoms with Gasteiger partial charge in [0.2, 0.25) is 0 Å². The molecule has 0 heterocycles. The molecule has 0 aromatic carbocycles. The summed E-state index contributed by atoms with van der Waals surface area (Å²) in [5, 5.41) is 14.5. The fraction of sp³-hybridized carbons (Fsp3) is 0.889. The molecule has 1 N–H and O–H groups in total. The van der Waals surface area contributed by atoms with Crippen LogP contribution in [0.1, 0.15) is 46.5 Å². The lowest BCUT2D eigenvalue weighted by Crippen LogP contribution is -1.66. The molecule has 0 saturated heterocycles. The van der Waals surface area contributed by atoms with E-state index in [1.807, 2.05) is 0 Å². The molecule has 5 heteroatoms. The second-order valence-electron chi connectivity index (χ2n) is 2.03. The number of hydrogen-bond donors (Lipinski definition) is 1. The minimum Gasteiger partial charge on any atom is -0.458 e. The van der Waals surface area contributed by atoms with Crippen molar-refractivity contribution in [3.63, 3.8) is 0 Å². The third kappa shape index (κ3) is 155. The topological polar surface area (TPSA) is 44.0 Å². The Morgan fingerprint density at radius 2 is 1.29 bits per heavy atom. The molecule has 0 aliphatic rings. The molecule has 0 unspecified atom stereocenters. The maximum Gasteiger partial charge on any atom is 0.252 e. The molecule has 0 fully saturated rings. The van der Waals surface area contributed by atoms with Gasteiger partial charge in [-0.2, -0.15) is 5.26 Å². The number of nitriles is 1. The zero-order valence-corrected chi connectivity index (χ0v) is 11.2. The quantitative estimate of drug-likeness (QED) is 0.469. The predicted octanol–water partition coefficient (Wildman–Crippen LogP) is 3.06. The van der Waals surface area contributed by atoms with Gasteiger partial charge in [0.1, 0.15) is 0 Å². The van der Waals surface area contributed by atoms with Crippen molar-refractivity contribution < 1.29 is 5.02 Å². The highest BCUT2D eigenvalue weighted by atomic mass is 35.5. The first kappa shape index (κ1) is 23.7. The van der Waals surface area contributed by atoms with Gasteiger partial charge in [-0.15, -0.1) is 23.2 Å². The van der Waals surface area contributed by atoms with Crippen molar-refractivity contribution in [1.82, 2.24) is 0 Å². The molecule has 0 aromatic heterocycles. The molecule has 0 aliphatic heterocycles. The molecule has 0 radical (unpaired) electrons. The molecular formula is C9H22BCl2NO. The molecule has 0 amide bonds. The summed E-state index contributed by atoms with van der Waals surface area (Å²) in [5.74, 6) is 0. The molecule has 0 atom stereocenters. The van der Waals surface area contributed by atoms with Crippen LogP contribution >= 0.6 is 23.2 Å². The Labute approximate surface area is 99.7 Å². The Hall–Kier alpha value is 0.0949. The van der Waals surface area contributed by atoms with Gasteiger partial charge in [-0.3, -0.25) is 0 Å². The lowest BCUT2D eigenvalue weighted by atomic mass is 10.2. The van der Waals surface area contributed by atoms with Crippen LogP contribution in [-0.2, 0) is 0 Å². The molecule has 14 heavy (non-hydrogen) atoms. The monoisotopic (exact) mass is 241 g/mol. The van der Waals surface area contributed by atoms with Crippen LogP contribution in [-0.4, -0.2) is 18.4 Å². The number of hydrogen-bond acceptors (Lipinski definition) is 2. The first-order valence-corrected chi connectivity index (χ1v) is 5.69. The maximum atomic E-state index is 7.32. The van der Waals surface area contributed by atoms with Crippen LogP contribution in [0.2, 0.25) is 0 Å². The zero-order chi connectivity index (χ0) is 12.2. The van der Waals surface area contributed by atoms with Crippen molar-refractivity contribution in [1.29, 1.82) is 5.26 Å². The summed E-state index contributed by atoms with van der Waals surface area (Å²) in [7, 11) is 1.00. The molecule has 2 nitrogen and oxygen atoms in total. The van der Waals surface area contributed by atoms with Crippen LogP contribution in [0.3, 0.4) is 0 Å². The van der Waals surface area contributed by atoms with Crippen molar-refractivity contribution >= 4 is 31.3 Å². The minimum absolute atomic E-state index is 0.194. The summed E-state index contributed by atoms with van der Waals surface area (Å²) in [6.07, 6.45) is 5.54. The molecule has 86 valence electrons. The fourth-order valence-corrected chi connectivity index (χ4v) is 0.500. The van der Waals surface area contributed by atoms with Gasteiger partial charge >= 0.3 is 0 Å². The number of alkyl halides is 2. The third-order valence-corrected chi connectivity index (χ3v) is 0.957. The van der Waals surface area contributed by atoms with Crippen molar-refractivity contribution in [2.24, 2.45) is 0 Å². The summed E-state index contributed by atoms with van der Waals surface area (Å²) in [4.78, 5) is 0. The van der Waals surface area contributed by atoms with Crippen molar-refractivity contribution in [3.05, 3.63) is 0 Å². The highest BCUT2D eigenvalue weighted by Crippen LogP contribution is 1.95. The fourth-order valence-electron chi connectivity index (χ4n) is 0.500. The van der Waals surface area contributed by atoms with Gasteiger partial charge in [0, 0.05) is 6.92 Å². The van der Waals surface area contributed by atoms with Crippen LogP contribution in [0.15, 0.2) is 0 Å². The lowest BCUT2D eigenvalue weighted by molar-refractivity contribution is 0.629. The first-order chi connectivity index (χ1) is 6.74. The average molecular weight is 242 g/mol. The lowest BCUT2D eigenvalue weighted by Gasteiger charge is -1.86. The standard InChI is InChI=1S/C6H14.C2H3N.CH2Cl2.BH3O/c1-3-5-6-4-2;1-2-3;2-1-3;1-2/h3-6H2,1-2H3;1H3;1H2;2H,1H2. The first-order valence-electron chi connectivity index (χ1n) is 4.62. The third-order valence-electron chi connectivity index (χ3n) is 0.957. The normalized spacial score (nSPS) is 6.07. The zero-order valence-electron chi connectivity index (χ0n) is 9.69. The number of unbranched alkanes of at least 4 members (excludes halogenated alkanes) is 3. The molecule has 0 bridgehead atoms. The van der Waals surface area contributed by atoms with Crippen molar-refractivity contribution in [2.45, 2.75) is 46.5 Å². The molecule has 0 aliphatic carbocycles. The molecule has 0 spiro atoms. The summed E-state index contributed by atoms with van der Waals surface area (Å²) >= 11 is 9.53. The molecule has 0 rings (SSSR count). The van der Waals surface area contributed by atoms with E-state index in [0.29, 0.717) is 0 Å². The van der Waals surface area contributed by atoms with Gasteiger partial charge in [-0.1, -0.05) is 39.5 Å². The summed E-state index contributed by atoms with van der Waals surface area (Å²) in [6, 6.07) is 1.75. The highest BCUT2D eigenvalue weighted by Gasteiger charge is 1.75. The second-order valence-corrected chi connectivity index (χ2v) is 2.84. The Morgan fingerprint density at radius 1 is 1.14 bits per heavy atom. The SMILES string of the molecule is BO.CC#N.CCCCCC.ClCCl. The van der Waals surface area contributed by atoms with Gasteiger partial charge in [0.15, 0.2) is 0 Å². The smallest absolute Gasteiger partial charge is 0.252 e. The van der Waals surface area contributed by atoms with Crippen molar-refractivity contribution in [2.75, 3.05) is 5.34 Å².